The quantitative estimate of drug-likeness (QED) is 0.0262. The minimum atomic E-state index is -0.771. The summed E-state index contributed by atoms with van der Waals surface area (Å²) in [6.07, 6.45) is 60.1. The van der Waals surface area contributed by atoms with Crippen LogP contribution in [0, 0.1) is 0 Å². The Labute approximate surface area is 392 Å². The molecule has 63 heavy (non-hydrogen) atoms. The van der Waals surface area contributed by atoms with Gasteiger partial charge in [-0.15, -0.1) is 0 Å². The summed E-state index contributed by atoms with van der Waals surface area (Å²) in [6.45, 7) is 6.65. The summed E-state index contributed by atoms with van der Waals surface area (Å²) in [5.74, 6) is -0.862. The number of hydrogen-bond acceptors (Lipinski definition) is 6. The molecule has 370 valence electrons. The number of rotatable bonds is 51. The van der Waals surface area contributed by atoms with Crippen LogP contribution in [0.1, 0.15) is 303 Å². The van der Waals surface area contributed by atoms with Crippen molar-refractivity contribution in [2.24, 2.45) is 0 Å². The second-order valence-corrected chi connectivity index (χ2v) is 18.8. The molecule has 0 saturated carbocycles. The van der Waals surface area contributed by atoms with Crippen LogP contribution in [-0.2, 0) is 28.6 Å². The Morgan fingerprint density at radius 1 is 0.302 bits per heavy atom. The van der Waals surface area contributed by atoms with Gasteiger partial charge in [0.1, 0.15) is 13.2 Å². The molecule has 0 heterocycles. The third-order valence-corrected chi connectivity index (χ3v) is 12.4. The van der Waals surface area contributed by atoms with Gasteiger partial charge in [-0.1, -0.05) is 238 Å². The predicted molar refractivity (Wildman–Crippen MR) is 270 cm³/mol. The second kappa shape index (κ2) is 52.5. The van der Waals surface area contributed by atoms with E-state index in [4.69, 9.17) is 14.2 Å². The molecule has 0 aliphatic rings. The first-order chi connectivity index (χ1) is 31.0. The minimum absolute atomic E-state index is 0.0701. The Hall–Kier alpha value is -2.11. The molecule has 0 aromatic rings. The molecule has 6 nitrogen and oxygen atoms in total. The molecule has 0 fully saturated rings. The lowest BCUT2D eigenvalue weighted by Gasteiger charge is -2.18. The Bertz CT molecular complexity index is 1020. The van der Waals surface area contributed by atoms with Crippen LogP contribution >= 0.6 is 0 Å². The fourth-order valence-corrected chi connectivity index (χ4v) is 8.20. The van der Waals surface area contributed by atoms with Crippen molar-refractivity contribution in [3.63, 3.8) is 0 Å². The third kappa shape index (κ3) is 50.7. The van der Waals surface area contributed by atoms with Crippen molar-refractivity contribution in [3.8, 4) is 0 Å². The molecule has 0 amide bonds. The standard InChI is InChI=1S/C57H106O6/c1-4-7-10-13-16-19-22-25-28-31-34-37-40-43-46-49-55(58)61-52-54(63-57(60)51-48-45-42-39-36-33-30-27-24-21-18-15-12-9-6-3)53-62-56(59)50-47-44-41-38-35-32-29-26-23-20-17-14-11-8-5-2/h19,21-22,24,54H,4-18,20,23,25-53H2,1-3H3/b22-19+,24-21+. The molecule has 1 unspecified atom stereocenters. The van der Waals surface area contributed by atoms with Crippen molar-refractivity contribution < 1.29 is 28.6 Å². The van der Waals surface area contributed by atoms with E-state index < -0.39 is 6.10 Å². The summed E-state index contributed by atoms with van der Waals surface area (Å²) in [7, 11) is 0. The van der Waals surface area contributed by atoms with E-state index in [1.54, 1.807) is 0 Å². The van der Waals surface area contributed by atoms with Gasteiger partial charge in [0.25, 0.3) is 0 Å². The fraction of sp³-hybridized carbons (Fsp3) is 0.877. The number of unbranched alkanes of at least 4 members (excludes halogenated alkanes) is 36. The highest BCUT2D eigenvalue weighted by molar-refractivity contribution is 5.71. The topological polar surface area (TPSA) is 78.9 Å². The number of carbonyl (C=O) groups excluding carboxylic acids is 3. The highest BCUT2D eigenvalue weighted by Gasteiger charge is 2.19. The lowest BCUT2D eigenvalue weighted by atomic mass is 10.0. The first-order valence-electron chi connectivity index (χ1n) is 27.8. The number of esters is 3. The molecule has 0 saturated heterocycles. The van der Waals surface area contributed by atoms with Gasteiger partial charge in [-0.25, -0.2) is 0 Å². The van der Waals surface area contributed by atoms with Crippen molar-refractivity contribution in [3.05, 3.63) is 24.3 Å². The first kappa shape index (κ1) is 60.9. The number of ether oxygens (including phenoxy) is 3. The maximum absolute atomic E-state index is 12.8. The van der Waals surface area contributed by atoms with Gasteiger partial charge in [-0.3, -0.25) is 14.4 Å². The number of allylic oxidation sites excluding steroid dienone is 4. The molecule has 0 aromatic heterocycles. The van der Waals surface area contributed by atoms with Crippen molar-refractivity contribution in [2.75, 3.05) is 13.2 Å². The van der Waals surface area contributed by atoms with E-state index in [0.717, 1.165) is 57.8 Å². The molecule has 0 aliphatic heterocycles. The van der Waals surface area contributed by atoms with Gasteiger partial charge in [0.15, 0.2) is 6.10 Å². The van der Waals surface area contributed by atoms with Gasteiger partial charge in [0, 0.05) is 19.3 Å². The van der Waals surface area contributed by atoms with Gasteiger partial charge in [0.2, 0.25) is 0 Å². The Balaban J connectivity index is 4.35. The lowest BCUT2D eigenvalue weighted by molar-refractivity contribution is -0.167. The van der Waals surface area contributed by atoms with Gasteiger partial charge in [-0.05, 0) is 70.6 Å². The lowest BCUT2D eigenvalue weighted by Crippen LogP contribution is -2.30. The smallest absolute Gasteiger partial charge is 0.306 e. The van der Waals surface area contributed by atoms with E-state index in [1.165, 1.54) is 205 Å². The molecule has 0 N–H and O–H groups in total. The third-order valence-electron chi connectivity index (χ3n) is 12.4. The maximum Gasteiger partial charge on any atom is 0.306 e. The Morgan fingerprint density at radius 2 is 0.524 bits per heavy atom. The molecule has 0 radical (unpaired) electrons. The van der Waals surface area contributed by atoms with E-state index in [2.05, 4.69) is 45.1 Å². The van der Waals surface area contributed by atoms with Crippen LogP contribution in [-0.4, -0.2) is 37.2 Å². The van der Waals surface area contributed by atoms with Crippen molar-refractivity contribution in [1.29, 1.82) is 0 Å². The fourth-order valence-electron chi connectivity index (χ4n) is 8.20. The van der Waals surface area contributed by atoms with Gasteiger partial charge < -0.3 is 14.2 Å². The number of hydrogen-bond donors (Lipinski definition) is 0. The van der Waals surface area contributed by atoms with E-state index >= 15 is 0 Å². The molecular formula is C57H106O6. The van der Waals surface area contributed by atoms with Crippen LogP contribution in [0.5, 0.6) is 0 Å². The average Bonchev–Trinajstić information content (AvgIpc) is 3.28. The van der Waals surface area contributed by atoms with Crippen LogP contribution < -0.4 is 0 Å². The van der Waals surface area contributed by atoms with E-state index in [0.29, 0.717) is 19.3 Å². The van der Waals surface area contributed by atoms with Crippen LogP contribution in [0.4, 0.5) is 0 Å². The zero-order valence-corrected chi connectivity index (χ0v) is 42.4. The van der Waals surface area contributed by atoms with Crippen LogP contribution in [0.25, 0.3) is 0 Å². The molecule has 6 heteroatoms. The molecule has 0 spiro atoms. The Morgan fingerprint density at radius 3 is 0.810 bits per heavy atom. The molecule has 0 rings (SSSR count). The summed E-state index contributed by atoms with van der Waals surface area (Å²) in [4.78, 5) is 38.1. The summed E-state index contributed by atoms with van der Waals surface area (Å²) < 4.78 is 16.9. The van der Waals surface area contributed by atoms with Crippen LogP contribution in [0.2, 0.25) is 0 Å². The zero-order valence-electron chi connectivity index (χ0n) is 42.4. The SMILES string of the molecule is CCCCCC/C=C/CCCCCCCCCC(=O)OCC(COC(=O)CCCCCCCCCCCCCCCCC)OC(=O)CCCCCCCCC/C=C/CCCCCC. The summed E-state index contributed by atoms with van der Waals surface area (Å²) in [5, 5.41) is 0. The van der Waals surface area contributed by atoms with E-state index in [1.807, 2.05) is 0 Å². The monoisotopic (exact) mass is 887 g/mol. The highest BCUT2D eigenvalue weighted by Crippen LogP contribution is 2.16. The normalized spacial score (nSPS) is 12.1. The molecule has 1 atom stereocenters. The van der Waals surface area contributed by atoms with Crippen molar-refractivity contribution in [1.82, 2.24) is 0 Å². The summed E-state index contributed by atoms with van der Waals surface area (Å²) in [6, 6.07) is 0. The first-order valence-corrected chi connectivity index (χ1v) is 27.8. The molecule has 0 aromatic carbocycles. The Kier molecular flexibility index (Phi) is 50.8. The molecule has 0 bridgehead atoms. The zero-order chi connectivity index (χ0) is 45.8. The highest BCUT2D eigenvalue weighted by atomic mass is 16.6. The minimum Gasteiger partial charge on any atom is -0.462 e. The second-order valence-electron chi connectivity index (χ2n) is 18.8. The predicted octanol–water partition coefficient (Wildman–Crippen LogP) is 18.3. The van der Waals surface area contributed by atoms with Crippen LogP contribution in [0.3, 0.4) is 0 Å². The van der Waals surface area contributed by atoms with Crippen molar-refractivity contribution >= 4 is 17.9 Å². The average molecular weight is 887 g/mol. The van der Waals surface area contributed by atoms with Gasteiger partial charge in [0.05, 0.1) is 0 Å². The van der Waals surface area contributed by atoms with Gasteiger partial charge in [-0.2, -0.15) is 0 Å². The summed E-state index contributed by atoms with van der Waals surface area (Å²) in [5.41, 5.74) is 0. The number of carbonyl (C=O) groups is 3. The van der Waals surface area contributed by atoms with Crippen molar-refractivity contribution in [2.45, 2.75) is 309 Å². The van der Waals surface area contributed by atoms with Gasteiger partial charge >= 0.3 is 17.9 Å². The maximum atomic E-state index is 12.8. The summed E-state index contributed by atoms with van der Waals surface area (Å²) >= 11 is 0. The molecular weight excluding hydrogens is 781 g/mol. The molecule has 0 aliphatic carbocycles. The van der Waals surface area contributed by atoms with E-state index in [-0.39, 0.29) is 31.1 Å². The van der Waals surface area contributed by atoms with Crippen LogP contribution in [0.15, 0.2) is 24.3 Å². The largest absolute Gasteiger partial charge is 0.462 e. The van der Waals surface area contributed by atoms with E-state index in [9.17, 15) is 14.4 Å².